The van der Waals surface area contributed by atoms with Gasteiger partial charge in [-0.1, -0.05) is 0 Å². The first-order valence-corrected chi connectivity index (χ1v) is 14.1. The number of hydrogen-bond acceptors (Lipinski definition) is 21. The molecular formula is C24H42O21. The maximum absolute atomic E-state index is 10.9. The van der Waals surface area contributed by atoms with Gasteiger partial charge in [-0.25, -0.2) is 0 Å². The molecule has 21 heteroatoms. The Hall–Kier alpha value is -0.840. The Balaban J connectivity index is 1.43. The van der Waals surface area contributed by atoms with Crippen LogP contribution in [0.5, 0.6) is 0 Å². The molecule has 4 saturated heterocycles. The summed E-state index contributed by atoms with van der Waals surface area (Å²) in [5.74, 6) is 0. The van der Waals surface area contributed by atoms with Gasteiger partial charge in [-0.3, -0.25) is 0 Å². The largest absolute Gasteiger partial charge is 0.394 e. The molecule has 0 radical (unpaired) electrons. The Morgan fingerprint density at radius 2 is 0.644 bits per heavy atom. The quantitative estimate of drug-likeness (QED) is 0.103. The van der Waals surface area contributed by atoms with Gasteiger partial charge in [-0.15, -0.1) is 0 Å². The van der Waals surface area contributed by atoms with Crippen LogP contribution in [-0.2, 0) is 33.2 Å². The zero-order valence-corrected chi connectivity index (χ0v) is 23.5. The lowest BCUT2D eigenvalue weighted by molar-refractivity contribution is -0.387. The molecule has 4 heterocycles. The highest BCUT2D eigenvalue weighted by Gasteiger charge is 2.55. The summed E-state index contributed by atoms with van der Waals surface area (Å²) in [6.07, 6.45) is -35.3. The third-order valence-electron chi connectivity index (χ3n) is 8.20. The zero-order valence-electron chi connectivity index (χ0n) is 23.5. The van der Waals surface area contributed by atoms with Crippen LogP contribution in [0.15, 0.2) is 0 Å². The van der Waals surface area contributed by atoms with Gasteiger partial charge in [0, 0.05) is 0 Å². The Morgan fingerprint density at radius 1 is 0.333 bits per heavy atom. The fraction of sp³-hybridized carbons (Fsp3) is 1.00. The van der Waals surface area contributed by atoms with Crippen LogP contribution in [0.25, 0.3) is 0 Å². The van der Waals surface area contributed by atoms with Crippen LogP contribution in [0.1, 0.15) is 0 Å². The van der Waals surface area contributed by atoms with Gasteiger partial charge in [0.1, 0.15) is 97.7 Å². The monoisotopic (exact) mass is 666 g/mol. The van der Waals surface area contributed by atoms with Crippen molar-refractivity contribution in [2.24, 2.45) is 0 Å². The summed E-state index contributed by atoms with van der Waals surface area (Å²) in [7, 11) is 0. The zero-order chi connectivity index (χ0) is 33.3. The maximum atomic E-state index is 10.9. The molecule has 0 aromatic heterocycles. The van der Waals surface area contributed by atoms with Crippen molar-refractivity contribution in [3.63, 3.8) is 0 Å². The van der Waals surface area contributed by atoms with E-state index in [2.05, 4.69) is 0 Å². The Morgan fingerprint density at radius 3 is 1.02 bits per heavy atom. The van der Waals surface area contributed by atoms with Crippen LogP contribution in [0.3, 0.4) is 0 Å². The van der Waals surface area contributed by atoms with Crippen LogP contribution < -0.4 is 0 Å². The highest BCUT2D eigenvalue weighted by Crippen LogP contribution is 2.34. The van der Waals surface area contributed by atoms with E-state index in [0.29, 0.717) is 0 Å². The van der Waals surface area contributed by atoms with Crippen molar-refractivity contribution in [3.05, 3.63) is 0 Å². The molecule has 4 rings (SSSR count). The van der Waals surface area contributed by atoms with E-state index >= 15 is 0 Å². The molecule has 21 nitrogen and oxygen atoms in total. The predicted octanol–water partition coefficient (Wildman–Crippen LogP) is -9.75. The second-order valence-corrected chi connectivity index (χ2v) is 11.1. The summed E-state index contributed by atoms with van der Waals surface area (Å²) in [6, 6.07) is 0. The van der Waals surface area contributed by atoms with E-state index in [0.717, 1.165) is 0 Å². The van der Waals surface area contributed by atoms with Gasteiger partial charge in [-0.05, 0) is 0 Å². The fourth-order valence-corrected chi connectivity index (χ4v) is 5.55. The summed E-state index contributed by atoms with van der Waals surface area (Å²) in [6.45, 7) is -3.39. The van der Waals surface area contributed by atoms with Crippen molar-refractivity contribution < 1.29 is 105 Å². The number of hydrogen-bond donors (Lipinski definition) is 14. The molecule has 4 aliphatic heterocycles. The van der Waals surface area contributed by atoms with E-state index in [1.54, 1.807) is 0 Å². The van der Waals surface area contributed by atoms with Crippen molar-refractivity contribution in [3.8, 4) is 0 Å². The third-order valence-corrected chi connectivity index (χ3v) is 8.20. The molecule has 0 aromatic carbocycles. The molecule has 0 amide bonds. The average Bonchev–Trinajstić information content (AvgIpc) is 3.03. The number of rotatable bonds is 10. The van der Waals surface area contributed by atoms with E-state index < -0.39 is 149 Å². The van der Waals surface area contributed by atoms with Gasteiger partial charge < -0.3 is 105 Å². The van der Waals surface area contributed by atoms with Crippen molar-refractivity contribution in [1.29, 1.82) is 0 Å². The minimum Gasteiger partial charge on any atom is -0.394 e. The van der Waals surface area contributed by atoms with Gasteiger partial charge >= 0.3 is 0 Å². The van der Waals surface area contributed by atoms with E-state index in [9.17, 15) is 71.5 Å². The van der Waals surface area contributed by atoms with Crippen molar-refractivity contribution in [1.82, 2.24) is 0 Å². The third kappa shape index (κ3) is 7.44. The first kappa shape index (κ1) is 37.0. The Kier molecular flexibility index (Phi) is 12.8. The first-order chi connectivity index (χ1) is 21.3. The summed E-state index contributed by atoms with van der Waals surface area (Å²) < 4.78 is 37.7. The molecule has 4 fully saturated rings. The Labute approximate surface area is 254 Å². The lowest BCUT2D eigenvalue weighted by Crippen LogP contribution is -2.67. The topological polar surface area (TPSA) is 348 Å². The average molecular weight is 667 g/mol. The van der Waals surface area contributed by atoms with E-state index in [1.165, 1.54) is 0 Å². The normalized spacial score (nSPS) is 52.9. The minimum atomic E-state index is -2.02. The highest BCUT2D eigenvalue weighted by atomic mass is 16.8. The molecule has 14 N–H and O–H groups in total. The highest BCUT2D eigenvalue weighted by molar-refractivity contribution is 4.97. The van der Waals surface area contributed by atoms with Gasteiger partial charge in [-0.2, -0.15) is 0 Å². The molecule has 0 saturated carbocycles. The maximum Gasteiger partial charge on any atom is 0.187 e. The lowest BCUT2D eigenvalue weighted by Gasteiger charge is -2.49. The number of aliphatic hydroxyl groups is 14. The molecule has 20 atom stereocenters. The molecule has 0 aliphatic carbocycles. The first-order valence-electron chi connectivity index (χ1n) is 14.1. The molecule has 45 heavy (non-hydrogen) atoms. The minimum absolute atomic E-state index is 0.784. The summed E-state index contributed by atoms with van der Waals surface area (Å²) in [4.78, 5) is 0. The molecule has 0 aromatic rings. The van der Waals surface area contributed by atoms with Crippen LogP contribution in [-0.4, -0.2) is 221 Å². The second kappa shape index (κ2) is 15.6. The van der Waals surface area contributed by atoms with Crippen LogP contribution in [0, 0.1) is 0 Å². The molecule has 0 unspecified atom stereocenters. The number of aliphatic hydroxyl groups excluding tert-OH is 14. The van der Waals surface area contributed by atoms with Crippen molar-refractivity contribution >= 4 is 0 Å². The van der Waals surface area contributed by atoms with Crippen LogP contribution in [0.4, 0.5) is 0 Å². The fourth-order valence-electron chi connectivity index (χ4n) is 5.55. The van der Waals surface area contributed by atoms with Gasteiger partial charge in [0.05, 0.1) is 26.4 Å². The van der Waals surface area contributed by atoms with Crippen LogP contribution >= 0.6 is 0 Å². The lowest BCUT2D eigenvalue weighted by atomic mass is 9.95. The molecule has 0 spiro atoms. The smallest absolute Gasteiger partial charge is 0.187 e. The summed E-state index contributed by atoms with van der Waals surface area (Å²) in [5.41, 5.74) is 0. The standard InChI is InChI=1S/C24H42O21/c25-1-5-9(29)10(30)15(35)22(40-5)44-19-7(3-27)42-24(17(37)12(19)32)45-20-8(4-28)41-23(16(36)13(20)33)43-18-6(2-26)39-21(38)14(34)11(18)31/h5-38H,1-4H2/t5-,6-,7-,8-,9-,10+,11-,12-,13-,14-,15-,16-,17-,18-,19-,20-,21-,22-,23-,24+/m1/s1. The molecule has 264 valence electrons. The number of ether oxygens (including phenoxy) is 7. The molecule has 4 aliphatic rings. The summed E-state index contributed by atoms with van der Waals surface area (Å²) in [5, 5.41) is 142. The predicted molar refractivity (Wildman–Crippen MR) is 134 cm³/mol. The second-order valence-electron chi connectivity index (χ2n) is 11.1. The molecule has 0 bridgehead atoms. The van der Waals surface area contributed by atoms with E-state index in [1.807, 2.05) is 0 Å². The SMILES string of the molecule is OC[C@H]1O[C@H](O[C@H]2[C@H](O)[C@@H](O)[C@H](O[C@H]3[C@H](O)[C@@H](O)[C@@H](O[C@H]4[C@H](O)[C@@H](O)[C@H](O)O[C@@H]4CO)O[C@@H]3CO)O[C@@H]2CO)[C@H](O)[C@@H](O)[C@@H]1O. The van der Waals surface area contributed by atoms with E-state index in [-0.39, 0.29) is 0 Å². The van der Waals surface area contributed by atoms with Crippen molar-refractivity contribution in [2.75, 3.05) is 26.4 Å². The van der Waals surface area contributed by atoms with Gasteiger partial charge in [0.2, 0.25) is 0 Å². The van der Waals surface area contributed by atoms with E-state index in [4.69, 9.17) is 33.2 Å². The molecular weight excluding hydrogens is 624 g/mol. The van der Waals surface area contributed by atoms with Gasteiger partial charge in [0.15, 0.2) is 25.2 Å². The Bertz CT molecular complexity index is 910. The van der Waals surface area contributed by atoms with Crippen LogP contribution in [0.2, 0.25) is 0 Å². The van der Waals surface area contributed by atoms with Crippen molar-refractivity contribution in [2.45, 2.75) is 123 Å². The summed E-state index contributed by atoms with van der Waals surface area (Å²) >= 11 is 0. The van der Waals surface area contributed by atoms with Gasteiger partial charge in [0.25, 0.3) is 0 Å².